The predicted octanol–water partition coefficient (Wildman–Crippen LogP) is 2.57. The molecule has 1 heterocycles. The van der Waals surface area contributed by atoms with Crippen molar-refractivity contribution in [2.45, 2.75) is 12.8 Å². The highest BCUT2D eigenvalue weighted by Gasteiger charge is 2.19. The molecule has 1 aromatic rings. The largest absolute Gasteiger partial charge is 0.384 e. The summed E-state index contributed by atoms with van der Waals surface area (Å²) in [5.74, 6) is -0.439. The molecule has 1 aromatic carbocycles. The quantitative estimate of drug-likeness (QED) is 0.872. The minimum absolute atomic E-state index is 0.0281. The Labute approximate surface area is 135 Å². The van der Waals surface area contributed by atoms with Gasteiger partial charge in [-0.1, -0.05) is 11.6 Å². The van der Waals surface area contributed by atoms with Crippen LogP contribution in [0.1, 0.15) is 23.2 Å². The fourth-order valence-corrected chi connectivity index (χ4v) is 2.98. The first-order valence-corrected chi connectivity index (χ1v) is 7.92. The summed E-state index contributed by atoms with van der Waals surface area (Å²) in [6, 6.07) is 4.07. The molecule has 0 saturated carbocycles. The van der Waals surface area contributed by atoms with Crippen molar-refractivity contribution in [2.24, 2.45) is 5.92 Å². The first-order chi connectivity index (χ1) is 10.6. The Hall–Kier alpha value is -1.17. The van der Waals surface area contributed by atoms with E-state index < -0.39 is 11.7 Å². The molecule has 0 radical (unpaired) electrons. The number of carbonyl (C=O) groups excluding carboxylic acids is 1. The maximum Gasteiger partial charge on any atom is 0.254 e. The SMILES string of the molecule is COC[C@H]1CCCN(CCNC(=O)c2ccc(Cl)cc2F)C1. The summed E-state index contributed by atoms with van der Waals surface area (Å²) in [5, 5.41) is 3.04. The summed E-state index contributed by atoms with van der Waals surface area (Å²) in [5.41, 5.74) is 0.0281. The molecule has 1 N–H and O–H groups in total. The van der Waals surface area contributed by atoms with E-state index in [-0.39, 0.29) is 10.6 Å². The summed E-state index contributed by atoms with van der Waals surface area (Å²) in [7, 11) is 1.72. The van der Waals surface area contributed by atoms with Crippen molar-refractivity contribution in [3.63, 3.8) is 0 Å². The number of rotatable bonds is 6. The molecular formula is C16H22ClFN2O2. The third-order valence-electron chi connectivity index (χ3n) is 3.89. The zero-order valence-electron chi connectivity index (χ0n) is 12.8. The van der Waals surface area contributed by atoms with Gasteiger partial charge < -0.3 is 15.0 Å². The van der Waals surface area contributed by atoms with Crippen LogP contribution in [-0.4, -0.2) is 50.7 Å². The van der Waals surface area contributed by atoms with E-state index in [1.54, 1.807) is 7.11 Å². The Morgan fingerprint density at radius 2 is 2.36 bits per heavy atom. The van der Waals surface area contributed by atoms with Crippen LogP contribution in [0.3, 0.4) is 0 Å². The molecule has 1 atom stereocenters. The first-order valence-electron chi connectivity index (χ1n) is 7.54. The summed E-state index contributed by atoms with van der Waals surface area (Å²) in [6.45, 7) is 4.06. The third kappa shape index (κ3) is 4.93. The number of amides is 1. The lowest BCUT2D eigenvalue weighted by molar-refractivity contribution is 0.0865. The van der Waals surface area contributed by atoms with E-state index in [0.29, 0.717) is 12.5 Å². The van der Waals surface area contributed by atoms with Gasteiger partial charge in [-0.2, -0.15) is 0 Å². The molecule has 6 heteroatoms. The van der Waals surface area contributed by atoms with Crippen molar-refractivity contribution in [3.05, 3.63) is 34.6 Å². The van der Waals surface area contributed by atoms with Gasteiger partial charge in [-0.3, -0.25) is 4.79 Å². The number of piperidine rings is 1. The highest BCUT2D eigenvalue weighted by atomic mass is 35.5. The van der Waals surface area contributed by atoms with E-state index in [1.807, 2.05) is 0 Å². The fraction of sp³-hybridized carbons (Fsp3) is 0.562. The lowest BCUT2D eigenvalue weighted by Crippen LogP contribution is -2.41. The number of halogens is 2. The van der Waals surface area contributed by atoms with Crippen LogP contribution in [0.2, 0.25) is 5.02 Å². The van der Waals surface area contributed by atoms with Gasteiger partial charge >= 0.3 is 0 Å². The second-order valence-corrected chi connectivity index (χ2v) is 6.08. The second-order valence-electron chi connectivity index (χ2n) is 5.64. The summed E-state index contributed by atoms with van der Waals surface area (Å²) < 4.78 is 18.9. The average molecular weight is 329 g/mol. The molecule has 1 aliphatic heterocycles. The minimum atomic E-state index is -0.594. The molecule has 0 aliphatic carbocycles. The number of hydrogen-bond acceptors (Lipinski definition) is 3. The van der Waals surface area contributed by atoms with E-state index in [0.717, 1.165) is 38.7 Å². The molecular weight excluding hydrogens is 307 g/mol. The van der Waals surface area contributed by atoms with E-state index in [1.165, 1.54) is 18.6 Å². The molecule has 1 amide bonds. The first kappa shape index (κ1) is 17.2. The van der Waals surface area contributed by atoms with E-state index in [9.17, 15) is 9.18 Å². The van der Waals surface area contributed by atoms with Gasteiger partial charge in [0.15, 0.2) is 0 Å². The van der Waals surface area contributed by atoms with Gasteiger partial charge in [0.1, 0.15) is 5.82 Å². The standard InChI is InChI=1S/C16H22ClFN2O2/c1-22-11-12-3-2-7-20(10-12)8-6-19-16(21)14-5-4-13(17)9-15(14)18/h4-5,9,12H,2-3,6-8,10-11H2,1H3,(H,19,21)/t12-/m0/s1. The van der Waals surface area contributed by atoms with Gasteiger partial charge in [-0.15, -0.1) is 0 Å². The number of ether oxygens (including phenoxy) is 1. The van der Waals surface area contributed by atoms with E-state index >= 15 is 0 Å². The molecule has 2 rings (SSSR count). The van der Waals surface area contributed by atoms with Crippen LogP contribution in [0.5, 0.6) is 0 Å². The lowest BCUT2D eigenvalue weighted by Gasteiger charge is -2.32. The molecule has 1 fully saturated rings. The van der Waals surface area contributed by atoms with Gasteiger partial charge in [-0.25, -0.2) is 4.39 Å². The van der Waals surface area contributed by atoms with Crippen molar-refractivity contribution in [2.75, 3.05) is 39.9 Å². The zero-order chi connectivity index (χ0) is 15.9. The second kappa shape index (κ2) is 8.46. The zero-order valence-corrected chi connectivity index (χ0v) is 13.5. The van der Waals surface area contributed by atoms with Gasteiger partial charge in [0.25, 0.3) is 5.91 Å². The van der Waals surface area contributed by atoms with Crippen LogP contribution in [0.4, 0.5) is 4.39 Å². The molecule has 122 valence electrons. The molecule has 0 aromatic heterocycles. The third-order valence-corrected chi connectivity index (χ3v) is 4.13. The molecule has 1 aliphatic rings. The molecule has 1 saturated heterocycles. The van der Waals surface area contributed by atoms with Crippen LogP contribution in [-0.2, 0) is 4.74 Å². The average Bonchev–Trinajstić information content (AvgIpc) is 2.48. The van der Waals surface area contributed by atoms with Gasteiger partial charge in [0.2, 0.25) is 0 Å². The topological polar surface area (TPSA) is 41.6 Å². The Morgan fingerprint density at radius 1 is 1.55 bits per heavy atom. The monoisotopic (exact) mass is 328 g/mol. The maximum absolute atomic E-state index is 13.6. The normalized spacial score (nSPS) is 19.1. The number of nitrogens with zero attached hydrogens (tertiary/aromatic N) is 1. The fourth-order valence-electron chi connectivity index (χ4n) is 2.82. The molecule has 0 bridgehead atoms. The molecule has 0 unspecified atom stereocenters. The van der Waals surface area contributed by atoms with Crippen molar-refractivity contribution in [1.82, 2.24) is 10.2 Å². The van der Waals surface area contributed by atoms with Crippen LogP contribution in [0, 0.1) is 11.7 Å². The van der Waals surface area contributed by atoms with Crippen molar-refractivity contribution >= 4 is 17.5 Å². The Balaban J connectivity index is 1.77. The highest BCUT2D eigenvalue weighted by Crippen LogP contribution is 2.16. The molecule has 0 spiro atoms. The summed E-state index contributed by atoms with van der Waals surface area (Å²) >= 11 is 5.68. The van der Waals surface area contributed by atoms with Gasteiger partial charge in [0, 0.05) is 31.8 Å². The molecule has 4 nitrogen and oxygen atoms in total. The Bertz CT molecular complexity index is 511. The van der Waals surface area contributed by atoms with Gasteiger partial charge in [-0.05, 0) is 43.5 Å². The van der Waals surface area contributed by atoms with Crippen LogP contribution in [0.15, 0.2) is 18.2 Å². The summed E-state index contributed by atoms with van der Waals surface area (Å²) in [4.78, 5) is 14.3. The lowest BCUT2D eigenvalue weighted by atomic mass is 9.99. The van der Waals surface area contributed by atoms with E-state index in [2.05, 4.69) is 10.2 Å². The number of nitrogens with one attached hydrogen (secondary N) is 1. The number of benzene rings is 1. The Morgan fingerprint density at radius 3 is 3.09 bits per heavy atom. The van der Waals surface area contributed by atoms with Crippen molar-refractivity contribution in [3.8, 4) is 0 Å². The predicted molar refractivity (Wildman–Crippen MR) is 84.8 cm³/mol. The van der Waals surface area contributed by atoms with Crippen molar-refractivity contribution in [1.29, 1.82) is 0 Å². The number of methoxy groups -OCH3 is 1. The highest BCUT2D eigenvalue weighted by molar-refractivity contribution is 6.30. The number of hydrogen-bond donors (Lipinski definition) is 1. The van der Waals surface area contributed by atoms with Gasteiger partial charge in [0.05, 0.1) is 12.2 Å². The summed E-state index contributed by atoms with van der Waals surface area (Å²) in [6.07, 6.45) is 2.33. The van der Waals surface area contributed by atoms with Crippen LogP contribution < -0.4 is 5.32 Å². The minimum Gasteiger partial charge on any atom is -0.384 e. The Kier molecular flexibility index (Phi) is 6.61. The van der Waals surface area contributed by atoms with Crippen molar-refractivity contribution < 1.29 is 13.9 Å². The number of likely N-dealkylation sites (tertiary alicyclic amines) is 1. The van der Waals surface area contributed by atoms with E-state index in [4.69, 9.17) is 16.3 Å². The molecule has 22 heavy (non-hydrogen) atoms. The maximum atomic E-state index is 13.6. The number of carbonyl (C=O) groups is 1. The smallest absolute Gasteiger partial charge is 0.254 e. The van der Waals surface area contributed by atoms with Crippen LogP contribution in [0.25, 0.3) is 0 Å². The van der Waals surface area contributed by atoms with Crippen LogP contribution >= 0.6 is 11.6 Å².